The molecular weight excluding hydrogens is 156 g/mol. The van der Waals surface area contributed by atoms with E-state index in [2.05, 4.69) is 27.0 Å². The second kappa shape index (κ2) is 2.37. The number of allylic oxidation sites excluding steroid dienone is 4. The monoisotopic (exact) mass is 174 g/mol. The lowest BCUT2D eigenvalue weighted by molar-refractivity contribution is 0.400. The van der Waals surface area contributed by atoms with Crippen molar-refractivity contribution in [1.29, 1.82) is 0 Å². The number of fused-ring (bicyclic) bond motifs is 2. The van der Waals surface area contributed by atoms with Crippen LogP contribution in [0.2, 0.25) is 0 Å². The van der Waals surface area contributed by atoms with E-state index < -0.39 is 0 Å². The van der Waals surface area contributed by atoms with Crippen LogP contribution < -0.4 is 0 Å². The Bertz CT molecular complexity index is 278. The van der Waals surface area contributed by atoms with Crippen molar-refractivity contribution >= 4 is 0 Å². The maximum Gasteiger partial charge on any atom is -0.00639 e. The van der Waals surface area contributed by atoms with Crippen LogP contribution in [-0.2, 0) is 0 Å². The minimum Gasteiger partial charge on any atom is -0.0988 e. The summed E-state index contributed by atoms with van der Waals surface area (Å²) in [4.78, 5) is 0. The van der Waals surface area contributed by atoms with E-state index in [1.165, 1.54) is 30.4 Å². The fourth-order valence-electron chi connectivity index (χ4n) is 3.41. The number of hydrogen-bond acceptors (Lipinski definition) is 0. The average molecular weight is 174 g/mol. The Hall–Kier alpha value is -0.780. The summed E-state index contributed by atoms with van der Waals surface area (Å²) in [6.45, 7) is 12.6. The van der Waals surface area contributed by atoms with Gasteiger partial charge in [0.2, 0.25) is 0 Å². The van der Waals surface area contributed by atoms with Gasteiger partial charge in [-0.1, -0.05) is 39.2 Å². The van der Waals surface area contributed by atoms with E-state index in [1.54, 1.807) is 0 Å². The fraction of sp³-hybridized carbons (Fsp3) is 0.538. The molecule has 1 fully saturated rings. The third-order valence-electron chi connectivity index (χ3n) is 4.01. The highest BCUT2D eigenvalue weighted by molar-refractivity contribution is 5.48. The Labute approximate surface area is 81.0 Å². The topological polar surface area (TPSA) is 0 Å². The van der Waals surface area contributed by atoms with Gasteiger partial charge in [-0.25, -0.2) is 0 Å². The van der Waals surface area contributed by atoms with Crippen LogP contribution in [0.3, 0.4) is 0 Å². The first-order valence-electron chi connectivity index (χ1n) is 5.06. The second-order valence-electron chi connectivity index (χ2n) is 5.03. The van der Waals surface area contributed by atoms with Crippen molar-refractivity contribution in [2.24, 2.45) is 10.8 Å². The molecule has 0 radical (unpaired) electrons. The first-order chi connectivity index (χ1) is 6.06. The summed E-state index contributed by atoms with van der Waals surface area (Å²) in [5.74, 6) is 0. The Morgan fingerprint density at radius 3 is 1.69 bits per heavy atom. The minimum absolute atomic E-state index is 0.403. The lowest BCUT2D eigenvalue weighted by atomic mass is 9.78. The number of rotatable bonds is 2. The summed E-state index contributed by atoms with van der Waals surface area (Å²) < 4.78 is 0. The summed E-state index contributed by atoms with van der Waals surface area (Å²) in [7, 11) is 0. The molecule has 2 aliphatic carbocycles. The van der Waals surface area contributed by atoms with Gasteiger partial charge in [0.25, 0.3) is 0 Å². The fourth-order valence-corrected chi connectivity index (χ4v) is 3.41. The van der Waals surface area contributed by atoms with Crippen LogP contribution in [0.1, 0.15) is 33.1 Å². The van der Waals surface area contributed by atoms with Crippen LogP contribution in [0.15, 0.2) is 36.5 Å². The molecule has 0 aromatic heterocycles. The predicted octanol–water partition coefficient (Wildman–Crippen LogP) is 3.87. The van der Waals surface area contributed by atoms with E-state index in [-0.39, 0.29) is 0 Å². The minimum atomic E-state index is 0.403. The lowest BCUT2D eigenvalue weighted by Crippen LogP contribution is -2.13. The Kier molecular flexibility index (Phi) is 1.61. The summed E-state index contributed by atoms with van der Waals surface area (Å²) in [6, 6.07) is 0. The van der Waals surface area contributed by atoms with Crippen molar-refractivity contribution in [3.8, 4) is 0 Å². The molecule has 13 heavy (non-hydrogen) atoms. The maximum absolute atomic E-state index is 3.93. The van der Waals surface area contributed by atoms with Gasteiger partial charge in [-0.15, -0.1) is 0 Å². The van der Waals surface area contributed by atoms with E-state index >= 15 is 0 Å². The third kappa shape index (κ3) is 0.919. The quantitative estimate of drug-likeness (QED) is 0.596. The molecule has 0 saturated heterocycles. The molecular formula is C13H18. The standard InChI is InChI=1S/C13H18/c1-5-10-11(6-2)13(4)8-7-12(10,3)9-13/h5-6H,1-2,7-9H2,3-4H3. The van der Waals surface area contributed by atoms with Crippen molar-refractivity contribution in [3.05, 3.63) is 36.5 Å². The third-order valence-corrected chi connectivity index (χ3v) is 4.01. The summed E-state index contributed by atoms with van der Waals surface area (Å²) in [6.07, 6.45) is 8.02. The van der Waals surface area contributed by atoms with E-state index in [9.17, 15) is 0 Å². The highest BCUT2D eigenvalue weighted by Crippen LogP contribution is 2.64. The molecule has 2 aliphatic rings. The molecule has 2 unspecified atom stereocenters. The van der Waals surface area contributed by atoms with E-state index in [0.29, 0.717) is 10.8 Å². The molecule has 2 rings (SSSR count). The van der Waals surface area contributed by atoms with Gasteiger partial charge in [0.1, 0.15) is 0 Å². The number of hydrogen-bond donors (Lipinski definition) is 0. The second-order valence-corrected chi connectivity index (χ2v) is 5.03. The molecule has 0 N–H and O–H groups in total. The molecule has 2 atom stereocenters. The summed E-state index contributed by atoms with van der Waals surface area (Å²) in [5.41, 5.74) is 3.72. The van der Waals surface area contributed by atoms with Crippen LogP contribution in [0, 0.1) is 10.8 Å². The molecule has 2 bridgehead atoms. The van der Waals surface area contributed by atoms with Crippen LogP contribution >= 0.6 is 0 Å². The maximum atomic E-state index is 3.93. The smallest absolute Gasteiger partial charge is 0.00639 e. The first-order valence-corrected chi connectivity index (χ1v) is 5.06. The van der Waals surface area contributed by atoms with Crippen LogP contribution in [0.25, 0.3) is 0 Å². The van der Waals surface area contributed by atoms with Crippen molar-refractivity contribution in [2.45, 2.75) is 33.1 Å². The molecule has 0 aromatic carbocycles. The Balaban J connectivity index is 2.60. The van der Waals surface area contributed by atoms with Gasteiger partial charge in [0.05, 0.1) is 0 Å². The molecule has 0 heterocycles. The van der Waals surface area contributed by atoms with E-state index in [1.807, 2.05) is 12.2 Å². The van der Waals surface area contributed by atoms with Crippen LogP contribution in [0.4, 0.5) is 0 Å². The van der Waals surface area contributed by atoms with E-state index in [0.717, 1.165) is 0 Å². The lowest BCUT2D eigenvalue weighted by Gasteiger charge is -2.26. The van der Waals surface area contributed by atoms with Gasteiger partial charge in [-0.3, -0.25) is 0 Å². The average Bonchev–Trinajstić information content (AvgIpc) is 2.49. The van der Waals surface area contributed by atoms with Crippen molar-refractivity contribution < 1.29 is 0 Å². The van der Waals surface area contributed by atoms with Crippen molar-refractivity contribution in [2.75, 3.05) is 0 Å². The van der Waals surface area contributed by atoms with Gasteiger partial charge in [0.15, 0.2) is 0 Å². The van der Waals surface area contributed by atoms with Gasteiger partial charge in [-0.05, 0) is 41.2 Å². The van der Waals surface area contributed by atoms with Gasteiger partial charge >= 0.3 is 0 Å². The predicted molar refractivity (Wildman–Crippen MR) is 57.5 cm³/mol. The van der Waals surface area contributed by atoms with Gasteiger partial charge in [-0.2, -0.15) is 0 Å². The Morgan fingerprint density at radius 2 is 1.38 bits per heavy atom. The molecule has 0 nitrogen and oxygen atoms in total. The largest absolute Gasteiger partial charge is 0.0988 e. The molecule has 0 spiro atoms. The van der Waals surface area contributed by atoms with Crippen molar-refractivity contribution in [1.82, 2.24) is 0 Å². The molecule has 0 aliphatic heterocycles. The molecule has 0 heteroatoms. The summed E-state index contributed by atoms with van der Waals surface area (Å²) in [5, 5.41) is 0. The molecule has 0 aromatic rings. The zero-order valence-corrected chi connectivity index (χ0v) is 8.69. The first kappa shape index (κ1) is 8.80. The normalized spacial score (nSPS) is 42.6. The van der Waals surface area contributed by atoms with Crippen LogP contribution in [0.5, 0.6) is 0 Å². The molecule has 0 amide bonds. The zero-order chi connectivity index (χ0) is 9.69. The van der Waals surface area contributed by atoms with Gasteiger partial charge in [0, 0.05) is 0 Å². The Morgan fingerprint density at radius 1 is 1.00 bits per heavy atom. The van der Waals surface area contributed by atoms with E-state index in [4.69, 9.17) is 0 Å². The molecule has 1 saturated carbocycles. The SMILES string of the molecule is C=CC1=C(C=C)C2(C)CCC1(C)C2. The zero-order valence-electron chi connectivity index (χ0n) is 8.69. The van der Waals surface area contributed by atoms with Gasteiger partial charge < -0.3 is 0 Å². The molecule has 70 valence electrons. The summed E-state index contributed by atoms with van der Waals surface area (Å²) >= 11 is 0. The van der Waals surface area contributed by atoms with Crippen molar-refractivity contribution in [3.63, 3.8) is 0 Å². The highest BCUT2D eigenvalue weighted by atomic mass is 14.6. The highest BCUT2D eigenvalue weighted by Gasteiger charge is 2.52. The van der Waals surface area contributed by atoms with Crippen LogP contribution in [-0.4, -0.2) is 0 Å².